The molecule has 0 amide bonds. The van der Waals surface area contributed by atoms with E-state index in [1.54, 1.807) is 0 Å². The maximum absolute atomic E-state index is 4.48. The third-order valence-electron chi connectivity index (χ3n) is 0.589. The van der Waals surface area contributed by atoms with E-state index in [0.717, 1.165) is 13.0 Å². The van der Waals surface area contributed by atoms with Gasteiger partial charge in [0.1, 0.15) is 9.47 Å². The number of unbranched alkanes of at least 4 members (excludes halogenated alkanes) is 1. The van der Waals surface area contributed by atoms with Gasteiger partial charge in [-0.15, -0.1) is 0 Å². The highest BCUT2D eigenvalue weighted by Crippen LogP contribution is 1.90. The molecular weight excluding hydrogens is 95.0 g/mol. The van der Waals surface area contributed by atoms with Gasteiger partial charge in [0, 0.05) is 0 Å². The van der Waals surface area contributed by atoms with Gasteiger partial charge in [-0.1, -0.05) is 13.3 Å². The summed E-state index contributed by atoms with van der Waals surface area (Å²) in [4.78, 5) is 0. The van der Waals surface area contributed by atoms with E-state index in [-0.39, 0.29) is 0 Å². The van der Waals surface area contributed by atoms with Crippen LogP contribution in [-0.4, -0.2) is 6.61 Å². The lowest BCUT2D eigenvalue weighted by Crippen LogP contribution is -1.78. The average molecular weight is 104 g/mol. The van der Waals surface area contributed by atoms with Crippen LogP contribution < -0.4 is 0 Å². The Morgan fingerprint density at radius 2 is 2.33 bits per heavy atom. The molecule has 0 aromatic rings. The maximum Gasteiger partial charge on any atom is 0.148 e. The first-order valence-electron chi connectivity index (χ1n) is 2.18. The molecule has 0 aliphatic rings. The van der Waals surface area contributed by atoms with E-state index < -0.39 is 0 Å². The Labute approximate surface area is 41.4 Å². The van der Waals surface area contributed by atoms with Gasteiger partial charge < -0.3 is 4.52 Å². The van der Waals surface area contributed by atoms with E-state index in [1.165, 1.54) is 6.42 Å². The van der Waals surface area contributed by atoms with Gasteiger partial charge in [-0.3, -0.25) is 0 Å². The van der Waals surface area contributed by atoms with Crippen molar-refractivity contribution in [3.63, 3.8) is 0 Å². The second kappa shape index (κ2) is 5.39. The molecule has 0 fully saturated rings. The molecule has 0 aliphatic carbocycles. The summed E-state index contributed by atoms with van der Waals surface area (Å²) in [6.45, 7) is 2.90. The SMILES string of the molecule is CCCCO[P]. The second-order valence-corrected chi connectivity index (χ2v) is 1.44. The van der Waals surface area contributed by atoms with Gasteiger partial charge in [-0.2, -0.15) is 0 Å². The molecule has 0 spiro atoms. The van der Waals surface area contributed by atoms with E-state index in [2.05, 4.69) is 20.9 Å². The summed E-state index contributed by atoms with van der Waals surface area (Å²) in [6, 6.07) is 0. The number of rotatable bonds is 3. The van der Waals surface area contributed by atoms with Crippen LogP contribution in [0.5, 0.6) is 0 Å². The first-order valence-corrected chi connectivity index (χ1v) is 2.54. The Morgan fingerprint density at radius 1 is 1.67 bits per heavy atom. The van der Waals surface area contributed by atoms with Gasteiger partial charge in [-0.05, 0) is 6.42 Å². The largest absolute Gasteiger partial charge is 0.345 e. The first-order chi connectivity index (χ1) is 2.91. The van der Waals surface area contributed by atoms with E-state index in [4.69, 9.17) is 0 Å². The molecule has 0 aliphatic heterocycles. The lowest BCUT2D eigenvalue weighted by atomic mass is 10.4. The molecule has 2 heteroatoms. The van der Waals surface area contributed by atoms with Crippen LogP contribution in [-0.2, 0) is 4.52 Å². The lowest BCUT2D eigenvalue weighted by Gasteiger charge is -1.87. The average Bonchev–Trinajstić information content (AvgIpc) is 1.61. The fourth-order valence-corrected chi connectivity index (χ4v) is 0.338. The molecule has 0 N–H and O–H groups in total. The Kier molecular flexibility index (Phi) is 5.74. The van der Waals surface area contributed by atoms with Gasteiger partial charge in [-0.25, -0.2) is 0 Å². The molecule has 0 saturated carbocycles. The molecule has 0 aromatic carbocycles. The van der Waals surface area contributed by atoms with Crippen LogP contribution in [0.2, 0.25) is 0 Å². The normalized spacial score (nSPS) is 9.00. The third kappa shape index (κ3) is 4.39. The summed E-state index contributed by atoms with van der Waals surface area (Å²) in [7, 11) is 3.55. The van der Waals surface area contributed by atoms with Crippen LogP contribution in [0.3, 0.4) is 0 Å². The Balaban J connectivity index is 2.34. The van der Waals surface area contributed by atoms with Crippen molar-refractivity contribution >= 4 is 9.47 Å². The maximum atomic E-state index is 4.48. The van der Waals surface area contributed by atoms with Crippen LogP contribution in [0.4, 0.5) is 0 Å². The van der Waals surface area contributed by atoms with Crippen molar-refractivity contribution in [2.24, 2.45) is 0 Å². The second-order valence-electron chi connectivity index (χ2n) is 1.19. The zero-order valence-corrected chi connectivity index (χ0v) is 4.87. The van der Waals surface area contributed by atoms with Gasteiger partial charge in [0.05, 0.1) is 6.61 Å². The minimum atomic E-state index is 0.777. The summed E-state index contributed by atoms with van der Waals surface area (Å²) < 4.78 is 4.48. The van der Waals surface area contributed by atoms with E-state index in [1.807, 2.05) is 0 Å². The van der Waals surface area contributed by atoms with Gasteiger partial charge >= 0.3 is 0 Å². The summed E-state index contributed by atoms with van der Waals surface area (Å²) >= 11 is 0. The van der Waals surface area contributed by atoms with Crippen molar-refractivity contribution < 1.29 is 4.52 Å². The quantitative estimate of drug-likeness (QED) is 0.393. The van der Waals surface area contributed by atoms with E-state index in [9.17, 15) is 0 Å². The topological polar surface area (TPSA) is 9.23 Å². The third-order valence-corrected chi connectivity index (χ3v) is 0.772. The predicted molar refractivity (Wildman–Crippen MR) is 27.8 cm³/mol. The van der Waals surface area contributed by atoms with E-state index in [0.29, 0.717) is 0 Å². The predicted octanol–water partition coefficient (Wildman–Crippen LogP) is 2.13. The van der Waals surface area contributed by atoms with Crippen molar-refractivity contribution in [3.8, 4) is 0 Å². The van der Waals surface area contributed by atoms with Crippen LogP contribution in [0.1, 0.15) is 19.8 Å². The highest BCUT2D eigenvalue weighted by atomic mass is 31.0. The molecule has 0 bridgehead atoms. The summed E-state index contributed by atoms with van der Waals surface area (Å²) in [5.41, 5.74) is 0. The van der Waals surface area contributed by atoms with Crippen molar-refractivity contribution in [2.45, 2.75) is 19.8 Å². The minimum Gasteiger partial charge on any atom is -0.345 e. The van der Waals surface area contributed by atoms with Crippen molar-refractivity contribution in [1.82, 2.24) is 0 Å². The zero-order chi connectivity index (χ0) is 4.83. The Bertz CT molecular complexity index is 19.5. The van der Waals surface area contributed by atoms with Crippen molar-refractivity contribution in [3.05, 3.63) is 0 Å². The van der Waals surface area contributed by atoms with Gasteiger partial charge in [0.15, 0.2) is 0 Å². The molecule has 0 atom stereocenters. The minimum absolute atomic E-state index is 0.777. The van der Waals surface area contributed by atoms with Crippen molar-refractivity contribution in [1.29, 1.82) is 0 Å². The molecule has 0 aromatic heterocycles. The Morgan fingerprint density at radius 3 is 2.50 bits per heavy atom. The molecule has 6 heavy (non-hydrogen) atoms. The fraction of sp³-hybridized carbons (Fsp3) is 1.00. The summed E-state index contributed by atoms with van der Waals surface area (Å²) in [5, 5.41) is 0. The molecule has 36 valence electrons. The smallest absolute Gasteiger partial charge is 0.148 e. The van der Waals surface area contributed by atoms with E-state index >= 15 is 0 Å². The number of hydrogen-bond donors (Lipinski definition) is 0. The summed E-state index contributed by atoms with van der Waals surface area (Å²) in [5.74, 6) is 0. The fourth-order valence-electron chi connectivity index (χ4n) is 0.209. The summed E-state index contributed by atoms with van der Waals surface area (Å²) in [6.07, 6.45) is 2.30. The number of hydrogen-bond acceptors (Lipinski definition) is 1. The molecule has 0 rings (SSSR count). The molecular formula is C4H9OP. The Hall–Kier alpha value is 0.390. The molecule has 0 unspecified atom stereocenters. The first kappa shape index (κ1) is 6.39. The van der Waals surface area contributed by atoms with Crippen LogP contribution in [0.15, 0.2) is 0 Å². The molecule has 0 saturated heterocycles. The van der Waals surface area contributed by atoms with Gasteiger partial charge in [0.2, 0.25) is 0 Å². The highest BCUT2D eigenvalue weighted by molar-refractivity contribution is 7.09. The van der Waals surface area contributed by atoms with Crippen molar-refractivity contribution in [2.75, 3.05) is 6.61 Å². The zero-order valence-electron chi connectivity index (χ0n) is 3.98. The molecule has 0 heterocycles. The lowest BCUT2D eigenvalue weighted by molar-refractivity contribution is 0.360. The van der Waals surface area contributed by atoms with Crippen LogP contribution in [0.25, 0.3) is 0 Å². The standard InChI is InChI=1S/C4H9OP/c1-2-3-4-5-6/h2-4H2,1H3. The molecule has 1 nitrogen and oxygen atoms in total. The molecule has 2 radical (unpaired) electrons. The van der Waals surface area contributed by atoms with Crippen LogP contribution >= 0.6 is 9.47 Å². The van der Waals surface area contributed by atoms with Gasteiger partial charge in [0.25, 0.3) is 0 Å². The van der Waals surface area contributed by atoms with Crippen LogP contribution in [0, 0.1) is 0 Å². The highest BCUT2D eigenvalue weighted by Gasteiger charge is 1.75. The monoisotopic (exact) mass is 104 g/mol.